The second-order valence-electron chi connectivity index (χ2n) is 6.26. The van der Waals surface area contributed by atoms with Crippen molar-refractivity contribution in [2.24, 2.45) is 7.05 Å². The number of carbonyl (C=O) groups excluding carboxylic acids is 4. The first-order valence-corrected chi connectivity index (χ1v) is 9.32. The first kappa shape index (κ1) is 20.7. The first-order valence-electron chi connectivity index (χ1n) is 8.56. The van der Waals surface area contributed by atoms with Gasteiger partial charge in [0.25, 0.3) is 5.91 Å². The van der Waals surface area contributed by atoms with E-state index in [0.29, 0.717) is 17.1 Å². The minimum Gasteiger partial charge on any atom is -0.329 e. The van der Waals surface area contributed by atoms with Crippen molar-refractivity contribution in [1.29, 1.82) is 0 Å². The number of amides is 5. The molecule has 0 radical (unpaired) electrons. The molecule has 1 aromatic heterocycles. The molecule has 2 heterocycles. The maximum absolute atomic E-state index is 12.3. The van der Waals surface area contributed by atoms with Gasteiger partial charge in [-0.3, -0.25) is 19.3 Å². The van der Waals surface area contributed by atoms with Crippen molar-refractivity contribution in [3.63, 3.8) is 0 Å². The Morgan fingerprint density at radius 1 is 1.10 bits per heavy atom. The quantitative estimate of drug-likeness (QED) is 0.602. The van der Waals surface area contributed by atoms with Crippen molar-refractivity contribution < 1.29 is 19.2 Å². The smallest absolute Gasteiger partial charge is 0.324 e. The maximum Gasteiger partial charge on any atom is 0.324 e. The number of urea groups is 1. The molecule has 3 rings (SSSR count). The molecular weight excluding hydrogens is 421 g/mol. The number of benzene rings is 1. The van der Waals surface area contributed by atoms with Crippen molar-refractivity contribution >= 4 is 58.3 Å². The Hall–Kier alpha value is -3.04. The Morgan fingerprint density at radius 3 is 2.24 bits per heavy atom. The minimum absolute atomic E-state index is 0.00637. The molecule has 5 amide bonds. The molecular formula is C18H17Cl2N5O4. The van der Waals surface area contributed by atoms with E-state index in [4.69, 9.17) is 23.2 Å². The van der Waals surface area contributed by atoms with Crippen molar-refractivity contribution in [3.05, 3.63) is 46.2 Å². The molecule has 1 aromatic carbocycles. The third kappa shape index (κ3) is 4.69. The van der Waals surface area contributed by atoms with Gasteiger partial charge >= 0.3 is 6.03 Å². The Kier molecular flexibility index (Phi) is 6.09. The van der Waals surface area contributed by atoms with Gasteiger partial charge in [0.05, 0.1) is 11.6 Å². The third-order valence-electron chi connectivity index (χ3n) is 4.28. The highest BCUT2D eigenvalue weighted by Crippen LogP contribution is 2.25. The zero-order chi connectivity index (χ0) is 21.1. The van der Waals surface area contributed by atoms with E-state index in [1.807, 2.05) is 0 Å². The number of imide groups is 1. The number of anilines is 2. The van der Waals surface area contributed by atoms with Crippen LogP contribution in [0.2, 0.25) is 10.2 Å². The van der Waals surface area contributed by atoms with E-state index in [0.717, 1.165) is 4.90 Å². The molecule has 0 aliphatic carbocycles. The lowest BCUT2D eigenvalue weighted by atomic mass is 10.2. The summed E-state index contributed by atoms with van der Waals surface area (Å²) >= 11 is 11.9. The summed E-state index contributed by atoms with van der Waals surface area (Å²) in [6, 6.07) is 7.45. The average molecular weight is 438 g/mol. The molecule has 29 heavy (non-hydrogen) atoms. The number of hydrogen-bond donors (Lipinski definition) is 3. The topological polar surface area (TPSA) is 113 Å². The first-order chi connectivity index (χ1) is 13.8. The second-order valence-corrected chi connectivity index (χ2v) is 7.03. The lowest BCUT2D eigenvalue weighted by Gasteiger charge is -2.12. The highest BCUT2D eigenvalue weighted by molar-refractivity contribution is 6.42. The van der Waals surface area contributed by atoms with Gasteiger partial charge in [-0.25, -0.2) is 4.79 Å². The number of nitrogens with one attached hydrogen (secondary N) is 3. The van der Waals surface area contributed by atoms with E-state index < -0.39 is 6.03 Å². The summed E-state index contributed by atoms with van der Waals surface area (Å²) in [5, 5.41) is 8.32. The molecule has 0 saturated carbocycles. The Labute approximate surface area is 175 Å². The molecule has 9 nitrogen and oxygen atoms in total. The fourth-order valence-electron chi connectivity index (χ4n) is 2.71. The SMILES string of the molecule is Cn1c(C(=O)Nc2ccc(NC(=O)CCN3C(=O)CNC3=O)cc2)cc(Cl)c1Cl. The van der Waals surface area contributed by atoms with Gasteiger partial charge in [0, 0.05) is 31.4 Å². The van der Waals surface area contributed by atoms with Crippen molar-refractivity contribution in [2.75, 3.05) is 23.7 Å². The summed E-state index contributed by atoms with van der Waals surface area (Å²) < 4.78 is 1.47. The Morgan fingerprint density at radius 2 is 1.72 bits per heavy atom. The molecule has 0 atom stereocenters. The normalized spacial score (nSPS) is 13.4. The van der Waals surface area contributed by atoms with Crippen LogP contribution in [0.5, 0.6) is 0 Å². The highest BCUT2D eigenvalue weighted by atomic mass is 35.5. The Balaban J connectivity index is 1.53. The molecule has 0 unspecified atom stereocenters. The van der Waals surface area contributed by atoms with Gasteiger partial charge in [-0.2, -0.15) is 0 Å². The Bertz CT molecular complexity index is 971. The van der Waals surface area contributed by atoms with Gasteiger partial charge in [-0.15, -0.1) is 0 Å². The molecule has 2 aromatic rings. The van der Waals surface area contributed by atoms with E-state index in [1.54, 1.807) is 31.3 Å². The number of halogens is 2. The van der Waals surface area contributed by atoms with Crippen LogP contribution in [0.4, 0.5) is 16.2 Å². The van der Waals surface area contributed by atoms with Gasteiger partial charge in [-0.1, -0.05) is 23.2 Å². The van der Waals surface area contributed by atoms with Crippen LogP contribution in [0.1, 0.15) is 16.9 Å². The van der Waals surface area contributed by atoms with Crippen LogP contribution in [-0.4, -0.2) is 46.3 Å². The lowest BCUT2D eigenvalue weighted by molar-refractivity contribution is -0.125. The largest absolute Gasteiger partial charge is 0.329 e. The summed E-state index contributed by atoms with van der Waals surface area (Å²) in [6.07, 6.45) is -0.0212. The van der Waals surface area contributed by atoms with Gasteiger partial charge in [0.15, 0.2) is 0 Å². The molecule has 1 fully saturated rings. The molecule has 152 valence electrons. The molecule has 3 N–H and O–H groups in total. The zero-order valence-electron chi connectivity index (χ0n) is 15.3. The summed E-state index contributed by atoms with van der Waals surface area (Å²) in [6.45, 7) is -0.0404. The van der Waals surface area contributed by atoms with Gasteiger partial charge in [0.2, 0.25) is 11.8 Å². The number of aromatic nitrogens is 1. The number of hydrogen-bond acceptors (Lipinski definition) is 4. The van der Waals surface area contributed by atoms with Crippen LogP contribution < -0.4 is 16.0 Å². The third-order valence-corrected chi connectivity index (χ3v) is 5.12. The predicted octanol–water partition coefficient (Wildman–Crippen LogP) is 2.46. The van der Waals surface area contributed by atoms with Crippen LogP contribution in [0.25, 0.3) is 0 Å². The molecule has 0 spiro atoms. The zero-order valence-corrected chi connectivity index (χ0v) is 16.8. The molecule has 1 aliphatic heterocycles. The van der Waals surface area contributed by atoms with Crippen LogP contribution in [0.3, 0.4) is 0 Å². The van der Waals surface area contributed by atoms with Gasteiger partial charge < -0.3 is 20.5 Å². The van der Waals surface area contributed by atoms with Crippen molar-refractivity contribution in [1.82, 2.24) is 14.8 Å². The summed E-state index contributed by atoms with van der Waals surface area (Å²) in [4.78, 5) is 48.3. The molecule has 1 saturated heterocycles. The van der Waals surface area contributed by atoms with E-state index in [9.17, 15) is 19.2 Å². The summed E-state index contributed by atoms with van der Waals surface area (Å²) in [5.74, 6) is -1.09. The summed E-state index contributed by atoms with van der Waals surface area (Å²) in [7, 11) is 1.63. The van der Waals surface area contributed by atoms with Crippen LogP contribution in [0.15, 0.2) is 30.3 Å². The predicted molar refractivity (Wildman–Crippen MR) is 108 cm³/mol. The fourth-order valence-corrected chi connectivity index (χ4v) is 3.09. The van der Waals surface area contributed by atoms with E-state index in [-0.39, 0.29) is 47.4 Å². The molecule has 11 heteroatoms. The lowest BCUT2D eigenvalue weighted by Crippen LogP contribution is -2.33. The second kappa shape index (κ2) is 8.54. The summed E-state index contributed by atoms with van der Waals surface area (Å²) in [5.41, 5.74) is 1.33. The van der Waals surface area contributed by atoms with E-state index >= 15 is 0 Å². The number of rotatable bonds is 6. The average Bonchev–Trinajstić information content (AvgIpc) is 3.14. The minimum atomic E-state index is -0.497. The van der Waals surface area contributed by atoms with Crippen molar-refractivity contribution in [2.45, 2.75) is 6.42 Å². The highest BCUT2D eigenvalue weighted by Gasteiger charge is 2.28. The fraction of sp³-hybridized carbons (Fsp3) is 0.222. The van der Waals surface area contributed by atoms with Crippen LogP contribution in [-0.2, 0) is 16.6 Å². The maximum atomic E-state index is 12.3. The van der Waals surface area contributed by atoms with Crippen molar-refractivity contribution in [3.8, 4) is 0 Å². The van der Waals surface area contributed by atoms with Gasteiger partial charge in [-0.05, 0) is 30.3 Å². The number of nitrogens with zero attached hydrogens (tertiary/aromatic N) is 2. The van der Waals surface area contributed by atoms with Gasteiger partial charge in [0.1, 0.15) is 10.8 Å². The number of carbonyl (C=O) groups is 4. The molecule has 0 bridgehead atoms. The monoisotopic (exact) mass is 437 g/mol. The van der Waals surface area contributed by atoms with Crippen LogP contribution >= 0.6 is 23.2 Å². The van der Waals surface area contributed by atoms with E-state index in [1.165, 1.54) is 10.6 Å². The standard InChI is InChI=1S/C18H17Cl2N5O4/c1-24-13(8-12(19)16(24)20)17(28)23-11-4-2-10(3-5-11)22-14(26)6-7-25-15(27)9-21-18(25)29/h2-5,8H,6-7,9H2,1H3,(H,21,29)(H,22,26)(H,23,28). The molecule has 1 aliphatic rings. The van der Waals surface area contributed by atoms with Crippen LogP contribution in [0, 0.1) is 0 Å². The van der Waals surface area contributed by atoms with E-state index in [2.05, 4.69) is 16.0 Å².